The summed E-state index contributed by atoms with van der Waals surface area (Å²) >= 11 is 1.35. The Morgan fingerprint density at radius 3 is 2.58 bits per heavy atom. The summed E-state index contributed by atoms with van der Waals surface area (Å²) in [6.07, 6.45) is 2.10. The Morgan fingerprint density at radius 2 is 2.08 bits per heavy atom. The smallest absolute Gasteiger partial charge is 0.209 e. The minimum Gasteiger partial charge on any atom is -0.344 e. The summed E-state index contributed by atoms with van der Waals surface area (Å²) < 4.78 is 25.9. The molecule has 1 aliphatic rings. The number of aryl methyl sites for hydroxylation is 1. The van der Waals surface area contributed by atoms with Gasteiger partial charge in [0.15, 0.2) is 0 Å². The van der Waals surface area contributed by atoms with Crippen molar-refractivity contribution in [2.45, 2.75) is 33.2 Å². The number of carbonyl (C=O) groups is 1. The zero-order chi connectivity index (χ0) is 19.1. The van der Waals surface area contributed by atoms with Crippen LogP contribution in [0.2, 0.25) is 0 Å². The summed E-state index contributed by atoms with van der Waals surface area (Å²) in [6, 6.07) is 4.11. The molecule has 2 aromatic rings. The standard InChI is InChI=1S/C10H7F2NS.C9H18N2O/c1-6-5-14-10(13-6)8-3-2-7(11)4-9(8)12;1-3-11(4-2)9-5-6-10(7-9)8-12/h2-5H,1H3;8-9H,3-7H2,1-2H3. The van der Waals surface area contributed by atoms with Crippen LogP contribution >= 0.6 is 11.3 Å². The Bertz CT molecular complexity index is 719. The molecule has 0 aliphatic carbocycles. The highest BCUT2D eigenvalue weighted by Gasteiger charge is 2.24. The Balaban J connectivity index is 0.000000190. The van der Waals surface area contributed by atoms with E-state index in [1.54, 1.807) is 0 Å². The van der Waals surface area contributed by atoms with Crippen molar-refractivity contribution >= 4 is 17.7 Å². The average molecular weight is 381 g/mol. The molecule has 0 radical (unpaired) electrons. The molecule has 1 atom stereocenters. The number of likely N-dealkylation sites (N-methyl/N-ethyl adjacent to an activating group) is 1. The van der Waals surface area contributed by atoms with E-state index in [-0.39, 0.29) is 0 Å². The van der Waals surface area contributed by atoms with Crippen LogP contribution in [0.15, 0.2) is 23.6 Å². The molecule has 2 heterocycles. The molecule has 1 aromatic carbocycles. The first-order valence-corrected chi connectivity index (χ1v) is 9.67. The van der Waals surface area contributed by atoms with Crippen molar-refractivity contribution in [3.05, 3.63) is 40.9 Å². The Labute approximate surface area is 157 Å². The van der Waals surface area contributed by atoms with Crippen LogP contribution in [-0.2, 0) is 4.79 Å². The topological polar surface area (TPSA) is 36.4 Å². The second-order valence-corrected chi connectivity index (χ2v) is 7.04. The second-order valence-electron chi connectivity index (χ2n) is 6.18. The second kappa shape index (κ2) is 9.73. The van der Waals surface area contributed by atoms with Crippen LogP contribution in [0.3, 0.4) is 0 Å². The van der Waals surface area contributed by atoms with E-state index in [1.807, 2.05) is 17.2 Å². The highest BCUT2D eigenvalue weighted by molar-refractivity contribution is 7.13. The lowest BCUT2D eigenvalue weighted by Crippen LogP contribution is -2.37. The number of hydrogen-bond acceptors (Lipinski definition) is 4. The highest BCUT2D eigenvalue weighted by atomic mass is 32.1. The van der Waals surface area contributed by atoms with E-state index in [9.17, 15) is 13.6 Å². The van der Waals surface area contributed by atoms with Gasteiger partial charge in [-0.25, -0.2) is 13.8 Å². The molecule has 0 saturated carbocycles. The number of likely N-dealkylation sites (tertiary alicyclic amines) is 1. The lowest BCUT2D eigenvalue weighted by molar-refractivity contribution is -0.117. The van der Waals surface area contributed by atoms with Gasteiger partial charge in [-0.3, -0.25) is 9.69 Å². The molecular weight excluding hydrogens is 356 g/mol. The molecule has 4 nitrogen and oxygen atoms in total. The van der Waals surface area contributed by atoms with Gasteiger partial charge in [-0.1, -0.05) is 13.8 Å². The van der Waals surface area contributed by atoms with E-state index < -0.39 is 11.6 Å². The largest absolute Gasteiger partial charge is 0.344 e. The molecular formula is C19H25F2N3OS. The third-order valence-electron chi connectivity index (χ3n) is 4.45. The number of nitrogens with zero attached hydrogens (tertiary/aromatic N) is 3. The number of hydrogen-bond donors (Lipinski definition) is 0. The molecule has 3 rings (SSSR count). The van der Waals surface area contributed by atoms with Crippen LogP contribution in [0.25, 0.3) is 10.6 Å². The maximum absolute atomic E-state index is 13.3. The molecule has 1 fully saturated rings. The van der Waals surface area contributed by atoms with Crippen LogP contribution in [0.5, 0.6) is 0 Å². The lowest BCUT2D eigenvalue weighted by atomic mass is 10.2. The van der Waals surface area contributed by atoms with Crippen molar-refractivity contribution in [2.24, 2.45) is 0 Å². The van der Waals surface area contributed by atoms with Gasteiger partial charge in [0.25, 0.3) is 0 Å². The highest BCUT2D eigenvalue weighted by Crippen LogP contribution is 2.26. The van der Waals surface area contributed by atoms with Gasteiger partial charge in [0.2, 0.25) is 6.41 Å². The number of halogens is 2. The summed E-state index contributed by atoms with van der Waals surface area (Å²) in [5.41, 5.74) is 1.19. The van der Waals surface area contributed by atoms with E-state index in [0.717, 1.165) is 50.8 Å². The summed E-state index contributed by atoms with van der Waals surface area (Å²) in [5, 5.41) is 2.41. The third-order valence-corrected chi connectivity index (χ3v) is 5.45. The molecule has 1 aliphatic heterocycles. The van der Waals surface area contributed by atoms with Crippen LogP contribution < -0.4 is 0 Å². The molecule has 0 spiro atoms. The molecule has 0 N–H and O–H groups in total. The fraction of sp³-hybridized carbons (Fsp3) is 0.474. The van der Waals surface area contributed by atoms with E-state index in [0.29, 0.717) is 16.6 Å². The molecule has 1 unspecified atom stereocenters. The van der Waals surface area contributed by atoms with E-state index in [1.165, 1.54) is 23.5 Å². The van der Waals surface area contributed by atoms with Gasteiger partial charge in [-0.2, -0.15) is 0 Å². The van der Waals surface area contributed by atoms with Gasteiger partial charge in [0.1, 0.15) is 16.6 Å². The first-order chi connectivity index (χ1) is 12.5. The Kier molecular flexibility index (Phi) is 7.66. The molecule has 7 heteroatoms. The number of carbonyl (C=O) groups excluding carboxylic acids is 1. The van der Waals surface area contributed by atoms with Gasteiger partial charge in [-0.05, 0) is 38.6 Å². The molecule has 1 aromatic heterocycles. The van der Waals surface area contributed by atoms with Gasteiger partial charge < -0.3 is 4.90 Å². The third kappa shape index (κ3) is 5.32. The molecule has 142 valence electrons. The number of rotatable bonds is 5. The molecule has 1 amide bonds. The van der Waals surface area contributed by atoms with Crippen molar-refractivity contribution in [1.82, 2.24) is 14.8 Å². The van der Waals surface area contributed by atoms with Crippen molar-refractivity contribution < 1.29 is 13.6 Å². The fourth-order valence-electron chi connectivity index (χ4n) is 3.04. The average Bonchev–Trinajstić information content (AvgIpc) is 3.26. The van der Waals surface area contributed by atoms with Crippen LogP contribution in [-0.4, -0.2) is 53.4 Å². The van der Waals surface area contributed by atoms with Gasteiger partial charge in [0.05, 0.1) is 0 Å². The first-order valence-electron chi connectivity index (χ1n) is 8.79. The molecule has 26 heavy (non-hydrogen) atoms. The van der Waals surface area contributed by atoms with Crippen molar-refractivity contribution in [2.75, 3.05) is 26.2 Å². The number of benzene rings is 1. The number of thiazole rings is 1. The SMILES string of the molecule is CCN(CC)C1CCN(C=O)C1.Cc1csc(-c2ccc(F)cc2F)n1. The lowest BCUT2D eigenvalue weighted by Gasteiger charge is -2.25. The number of aromatic nitrogens is 1. The monoisotopic (exact) mass is 381 g/mol. The first kappa shape index (κ1) is 20.5. The Morgan fingerprint density at radius 1 is 1.35 bits per heavy atom. The Hall–Kier alpha value is -1.86. The quantitative estimate of drug-likeness (QED) is 0.736. The summed E-state index contributed by atoms with van der Waals surface area (Å²) in [4.78, 5) is 18.9. The van der Waals surface area contributed by atoms with Crippen molar-refractivity contribution in [1.29, 1.82) is 0 Å². The zero-order valence-corrected chi connectivity index (χ0v) is 16.2. The minimum absolute atomic E-state index is 0.351. The van der Waals surface area contributed by atoms with Gasteiger partial charge in [-0.15, -0.1) is 11.3 Å². The fourth-order valence-corrected chi connectivity index (χ4v) is 3.87. The summed E-state index contributed by atoms with van der Waals surface area (Å²) in [5.74, 6) is -1.14. The zero-order valence-electron chi connectivity index (χ0n) is 15.4. The van der Waals surface area contributed by atoms with Crippen LogP contribution in [0, 0.1) is 18.6 Å². The molecule has 0 bridgehead atoms. The minimum atomic E-state index is -0.570. The number of amides is 1. The maximum Gasteiger partial charge on any atom is 0.209 e. The van der Waals surface area contributed by atoms with Crippen LogP contribution in [0.4, 0.5) is 8.78 Å². The van der Waals surface area contributed by atoms with Crippen molar-refractivity contribution in [3.8, 4) is 10.6 Å². The van der Waals surface area contributed by atoms with Gasteiger partial charge >= 0.3 is 0 Å². The van der Waals surface area contributed by atoms with Crippen molar-refractivity contribution in [3.63, 3.8) is 0 Å². The normalized spacial score (nSPS) is 16.5. The molecule has 1 saturated heterocycles. The van der Waals surface area contributed by atoms with E-state index in [2.05, 4.69) is 23.7 Å². The predicted octanol–water partition coefficient (Wildman–Crippen LogP) is 3.96. The van der Waals surface area contributed by atoms with E-state index in [4.69, 9.17) is 0 Å². The summed E-state index contributed by atoms with van der Waals surface area (Å²) in [7, 11) is 0. The van der Waals surface area contributed by atoms with Crippen LogP contribution in [0.1, 0.15) is 26.0 Å². The van der Waals surface area contributed by atoms with E-state index >= 15 is 0 Å². The maximum atomic E-state index is 13.3. The predicted molar refractivity (Wildman–Crippen MR) is 101 cm³/mol. The summed E-state index contributed by atoms with van der Waals surface area (Å²) in [6.45, 7) is 10.2. The van der Waals surface area contributed by atoms with Gasteiger partial charge in [0, 0.05) is 41.8 Å².